The minimum absolute atomic E-state index is 0.105. The normalized spacial score (nSPS) is 12.8. The van der Waals surface area contributed by atoms with Crippen LogP contribution >= 0.6 is 0 Å². The minimum Gasteiger partial charge on any atom is -0.394 e. The largest absolute Gasteiger partial charge is 0.394 e. The van der Waals surface area contributed by atoms with E-state index in [1.807, 2.05) is 0 Å². The maximum Gasteiger partial charge on any atom is 0.0697 e. The zero-order chi connectivity index (χ0) is 13.9. The number of benzene rings is 1. The van der Waals surface area contributed by atoms with Crippen molar-refractivity contribution >= 4 is 0 Å². The van der Waals surface area contributed by atoms with Crippen LogP contribution in [0, 0.1) is 5.92 Å². The lowest BCUT2D eigenvalue weighted by Crippen LogP contribution is -2.24. The molecule has 0 aliphatic rings. The van der Waals surface area contributed by atoms with E-state index < -0.39 is 0 Å². The summed E-state index contributed by atoms with van der Waals surface area (Å²) in [5.41, 5.74) is 1.35. The highest BCUT2D eigenvalue weighted by Gasteiger charge is 2.11. The first kappa shape index (κ1) is 16.2. The van der Waals surface area contributed by atoms with Crippen molar-refractivity contribution in [1.29, 1.82) is 0 Å². The van der Waals surface area contributed by atoms with E-state index in [2.05, 4.69) is 49.5 Å². The van der Waals surface area contributed by atoms with Gasteiger partial charge in [-0.2, -0.15) is 0 Å². The fraction of sp³-hybridized carbons (Fsp3) is 0.625. The Morgan fingerprint density at radius 3 is 2.53 bits per heavy atom. The summed E-state index contributed by atoms with van der Waals surface area (Å²) in [7, 11) is 0. The van der Waals surface area contributed by atoms with Crippen LogP contribution in [0.3, 0.4) is 0 Å². The van der Waals surface area contributed by atoms with Crippen LogP contribution in [0.5, 0.6) is 0 Å². The number of rotatable bonds is 10. The molecule has 0 aliphatic carbocycles. The fourth-order valence-electron chi connectivity index (χ4n) is 2.11. The van der Waals surface area contributed by atoms with Crippen LogP contribution in [0.1, 0.15) is 38.3 Å². The molecule has 0 aromatic heterocycles. The molecule has 1 aromatic carbocycles. The molecule has 19 heavy (non-hydrogen) atoms. The number of ether oxygens (including phenoxy) is 1. The van der Waals surface area contributed by atoms with E-state index in [0.29, 0.717) is 25.2 Å². The van der Waals surface area contributed by atoms with Crippen LogP contribution < -0.4 is 5.32 Å². The third kappa shape index (κ3) is 7.31. The van der Waals surface area contributed by atoms with Crippen LogP contribution in [0.25, 0.3) is 0 Å². The molecule has 1 unspecified atom stereocenters. The number of hydrogen-bond donors (Lipinski definition) is 2. The van der Waals surface area contributed by atoms with Gasteiger partial charge in [0.2, 0.25) is 0 Å². The summed E-state index contributed by atoms with van der Waals surface area (Å²) in [5.74, 6) is 0.670. The average Bonchev–Trinajstić information content (AvgIpc) is 2.42. The SMILES string of the molecule is CC(C)CC(NCCCOCCO)c1ccccc1. The van der Waals surface area contributed by atoms with Crippen molar-refractivity contribution in [2.45, 2.75) is 32.7 Å². The average molecular weight is 265 g/mol. The van der Waals surface area contributed by atoms with Crippen molar-refractivity contribution < 1.29 is 9.84 Å². The van der Waals surface area contributed by atoms with Crippen molar-refractivity contribution in [3.05, 3.63) is 35.9 Å². The van der Waals surface area contributed by atoms with Crippen molar-refractivity contribution in [3.63, 3.8) is 0 Å². The van der Waals surface area contributed by atoms with Gasteiger partial charge in [0.15, 0.2) is 0 Å². The highest BCUT2D eigenvalue weighted by atomic mass is 16.5. The smallest absolute Gasteiger partial charge is 0.0697 e. The molecule has 0 aliphatic heterocycles. The number of nitrogens with one attached hydrogen (secondary N) is 1. The van der Waals surface area contributed by atoms with Gasteiger partial charge in [0.25, 0.3) is 0 Å². The summed E-state index contributed by atoms with van der Waals surface area (Å²) in [5, 5.41) is 12.2. The van der Waals surface area contributed by atoms with Gasteiger partial charge in [-0.3, -0.25) is 0 Å². The van der Waals surface area contributed by atoms with E-state index in [0.717, 1.165) is 19.4 Å². The number of aliphatic hydroxyl groups is 1. The Hall–Kier alpha value is -0.900. The first-order valence-corrected chi connectivity index (χ1v) is 7.21. The summed E-state index contributed by atoms with van der Waals surface area (Å²) >= 11 is 0. The molecule has 0 spiro atoms. The van der Waals surface area contributed by atoms with Gasteiger partial charge >= 0.3 is 0 Å². The van der Waals surface area contributed by atoms with E-state index in [9.17, 15) is 0 Å². The van der Waals surface area contributed by atoms with Gasteiger partial charge in [0.05, 0.1) is 13.2 Å². The van der Waals surface area contributed by atoms with E-state index >= 15 is 0 Å². The Morgan fingerprint density at radius 1 is 1.16 bits per heavy atom. The van der Waals surface area contributed by atoms with E-state index in [4.69, 9.17) is 9.84 Å². The third-order valence-electron chi connectivity index (χ3n) is 3.00. The zero-order valence-corrected chi connectivity index (χ0v) is 12.1. The lowest BCUT2D eigenvalue weighted by Gasteiger charge is -2.21. The summed E-state index contributed by atoms with van der Waals surface area (Å²) in [6, 6.07) is 11.0. The van der Waals surface area contributed by atoms with Gasteiger partial charge in [0.1, 0.15) is 0 Å². The lowest BCUT2D eigenvalue weighted by atomic mass is 9.97. The van der Waals surface area contributed by atoms with Crippen molar-refractivity contribution in [3.8, 4) is 0 Å². The molecule has 0 amide bonds. The molecule has 0 fully saturated rings. The van der Waals surface area contributed by atoms with Crippen LogP contribution in [-0.2, 0) is 4.74 Å². The Balaban J connectivity index is 2.34. The Morgan fingerprint density at radius 2 is 1.89 bits per heavy atom. The monoisotopic (exact) mass is 265 g/mol. The highest BCUT2D eigenvalue weighted by molar-refractivity contribution is 5.18. The summed E-state index contributed by atoms with van der Waals surface area (Å²) in [6.45, 7) is 6.69. The van der Waals surface area contributed by atoms with E-state index in [1.54, 1.807) is 0 Å². The quantitative estimate of drug-likeness (QED) is 0.639. The van der Waals surface area contributed by atoms with Crippen LogP contribution in [0.2, 0.25) is 0 Å². The topological polar surface area (TPSA) is 41.5 Å². The summed E-state index contributed by atoms with van der Waals surface area (Å²) in [4.78, 5) is 0. The fourth-order valence-corrected chi connectivity index (χ4v) is 2.11. The molecule has 1 rings (SSSR count). The molecule has 3 nitrogen and oxygen atoms in total. The molecule has 0 heterocycles. The molecule has 1 aromatic rings. The Kier molecular flexibility index (Phi) is 8.47. The first-order valence-electron chi connectivity index (χ1n) is 7.21. The second-order valence-electron chi connectivity index (χ2n) is 5.24. The number of hydrogen-bond acceptors (Lipinski definition) is 3. The Labute approximate surface area is 117 Å². The number of aliphatic hydroxyl groups excluding tert-OH is 1. The molecule has 2 N–H and O–H groups in total. The molecule has 0 bridgehead atoms. The van der Waals surface area contributed by atoms with Gasteiger partial charge in [-0.05, 0) is 30.9 Å². The maximum atomic E-state index is 8.62. The maximum absolute atomic E-state index is 8.62. The summed E-state index contributed by atoms with van der Waals surface area (Å²) < 4.78 is 5.26. The second-order valence-corrected chi connectivity index (χ2v) is 5.24. The first-order chi connectivity index (χ1) is 9.24. The Bertz CT molecular complexity index is 314. The molecular formula is C16H27NO2. The van der Waals surface area contributed by atoms with Crippen molar-refractivity contribution in [2.75, 3.05) is 26.4 Å². The molecule has 0 saturated carbocycles. The van der Waals surface area contributed by atoms with E-state index in [-0.39, 0.29) is 6.61 Å². The predicted molar refractivity (Wildman–Crippen MR) is 79.2 cm³/mol. The third-order valence-corrected chi connectivity index (χ3v) is 3.00. The van der Waals surface area contributed by atoms with Crippen LogP contribution in [0.15, 0.2) is 30.3 Å². The predicted octanol–water partition coefficient (Wildman–Crippen LogP) is 2.76. The molecule has 3 heteroatoms. The van der Waals surface area contributed by atoms with Crippen LogP contribution in [0.4, 0.5) is 0 Å². The highest BCUT2D eigenvalue weighted by Crippen LogP contribution is 2.20. The van der Waals surface area contributed by atoms with Crippen molar-refractivity contribution in [1.82, 2.24) is 5.32 Å². The van der Waals surface area contributed by atoms with Gasteiger partial charge < -0.3 is 15.2 Å². The van der Waals surface area contributed by atoms with Gasteiger partial charge in [-0.25, -0.2) is 0 Å². The molecular weight excluding hydrogens is 238 g/mol. The van der Waals surface area contributed by atoms with Gasteiger partial charge in [-0.1, -0.05) is 44.2 Å². The molecule has 0 radical (unpaired) electrons. The lowest BCUT2D eigenvalue weighted by molar-refractivity contribution is 0.0902. The minimum atomic E-state index is 0.105. The van der Waals surface area contributed by atoms with Crippen LogP contribution in [-0.4, -0.2) is 31.5 Å². The standard InChI is InChI=1S/C16H27NO2/c1-14(2)13-16(15-7-4-3-5-8-15)17-9-6-11-19-12-10-18/h3-5,7-8,14,16-18H,6,9-13H2,1-2H3. The second kappa shape index (κ2) is 9.96. The van der Waals surface area contributed by atoms with E-state index in [1.165, 1.54) is 5.56 Å². The zero-order valence-electron chi connectivity index (χ0n) is 12.1. The van der Waals surface area contributed by atoms with Gasteiger partial charge in [-0.15, -0.1) is 0 Å². The molecule has 1 atom stereocenters. The van der Waals surface area contributed by atoms with Crippen molar-refractivity contribution in [2.24, 2.45) is 5.92 Å². The molecule has 108 valence electrons. The van der Waals surface area contributed by atoms with Gasteiger partial charge in [0, 0.05) is 12.6 Å². The molecule has 0 saturated heterocycles. The summed E-state index contributed by atoms with van der Waals surface area (Å²) in [6.07, 6.45) is 2.11.